The van der Waals surface area contributed by atoms with Crippen molar-refractivity contribution >= 4 is 5.91 Å². The van der Waals surface area contributed by atoms with Crippen molar-refractivity contribution in [3.05, 3.63) is 0 Å². The molecule has 15 heavy (non-hydrogen) atoms. The van der Waals surface area contributed by atoms with Crippen LogP contribution in [0.2, 0.25) is 0 Å². The first-order chi connectivity index (χ1) is 6.85. The van der Waals surface area contributed by atoms with E-state index in [-0.39, 0.29) is 11.8 Å². The summed E-state index contributed by atoms with van der Waals surface area (Å²) in [6, 6.07) is 0. The van der Waals surface area contributed by atoms with Gasteiger partial charge in [-0.05, 0) is 27.2 Å². The summed E-state index contributed by atoms with van der Waals surface area (Å²) in [4.78, 5) is 13.6. The summed E-state index contributed by atoms with van der Waals surface area (Å²) in [6.45, 7) is 8.61. The Morgan fingerprint density at radius 3 is 2.27 bits per heavy atom. The highest BCUT2D eigenvalue weighted by atomic mass is 16.3. The fraction of sp³-hybridized carbons (Fsp3) is 0.909. The first kappa shape index (κ1) is 14.4. The van der Waals surface area contributed by atoms with Gasteiger partial charge in [0.25, 0.3) is 0 Å². The fourth-order valence-corrected chi connectivity index (χ4v) is 1.51. The molecule has 0 saturated heterocycles. The average Bonchev–Trinajstić information content (AvgIpc) is 2.14. The molecule has 0 bridgehead atoms. The predicted molar refractivity (Wildman–Crippen MR) is 61.4 cm³/mol. The lowest BCUT2D eigenvalue weighted by atomic mass is 10.0. The van der Waals surface area contributed by atoms with Gasteiger partial charge < -0.3 is 15.7 Å². The lowest BCUT2D eigenvalue weighted by molar-refractivity contribution is -0.138. The Labute approximate surface area is 92.4 Å². The highest BCUT2D eigenvalue weighted by Crippen LogP contribution is 2.10. The molecular formula is C11H24N2O2. The zero-order valence-corrected chi connectivity index (χ0v) is 10.3. The number of carbonyl (C=O) groups excluding carboxylic acids is 1. The van der Waals surface area contributed by atoms with Gasteiger partial charge in [0, 0.05) is 19.6 Å². The third kappa shape index (κ3) is 5.14. The van der Waals surface area contributed by atoms with Gasteiger partial charge in [-0.25, -0.2) is 0 Å². The van der Waals surface area contributed by atoms with E-state index in [1.54, 1.807) is 18.7 Å². The normalized spacial score (nSPS) is 13.7. The molecule has 0 saturated carbocycles. The molecule has 0 aliphatic heterocycles. The van der Waals surface area contributed by atoms with Gasteiger partial charge in [0.15, 0.2) is 0 Å². The minimum absolute atomic E-state index is 0.0459. The Hall–Kier alpha value is -0.610. The van der Waals surface area contributed by atoms with Crippen molar-refractivity contribution in [2.24, 2.45) is 11.7 Å². The van der Waals surface area contributed by atoms with E-state index in [1.807, 2.05) is 13.8 Å². The predicted octanol–water partition coefficient (Wildman–Crippen LogP) is 0.591. The molecule has 0 spiro atoms. The van der Waals surface area contributed by atoms with Gasteiger partial charge in [0.05, 0.1) is 11.5 Å². The zero-order valence-electron chi connectivity index (χ0n) is 10.3. The van der Waals surface area contributed by atoms with Crippen LogP contribution in [-0.4, -0.2) is 41.1 Å². The SMILES string of the molecule is CCC(CN)C(=O)N(CC)CC(C)(C)O. The number of aliphatic hydroxyl groups is 1. The summed E-state index contributed by atoms with van der Waals surface area (Å²) < 4.78 is 0. The van der Waals surface area contributed by atoms with Crippen LogP contribution in [0.5, 0.6) is 0 Å². The maximum atomic E-state index is 11.9. The first-order valence-electron chi connectivity index (χ1n) is 5.56. The van der Waals surface area contributed by atoms with Crippen molar-refractivity contribution in [1.82, 2.24) is 4.90 Å². The summed E-state index contributed by atoms with van der Waals surface area (Å²) in [5, 5.41) is 9.67. The van der Waals surface area contributed by atoms with E-state index in [0.717, 1.165) is 6.42 Å². The van der Waals surface area contributed by atoms with Crippen LogP contribution in [0, 0.1) is 5.92 Å². The number of amides is 1. The van der Waals surface area contributed by atoms with Crippen molar-refractivity contribution in [2.75, 3.05) is 19.6 Å². The third-order valence-corrected chi connectivity index (χ3v) is 2.40. The molecule has 0 aliphatic carbocycles. The van der Waals surface area contributed by atoms with E-state index in [9.17, 15) is 9.90 Å². The summed E-state index contributed by atoms with van der Waals surface area (Å²) >= 11 is 0. The first-order valence-corrected chi connectivity index (χ1v) is 5.56. The molecule has 4 heteroatoms. The topological polar surface area (TPSA) is 66.6 Å². The van der Waals surface area contributed by atoms with Crippen molar-refractivity contribution in [2.45, 2.75) is 39.7 Å². The monoisotopic (exact) mass is 216 g/mol. The maximum Gasteiger partial charge on any atom is 0.227 e. The molecule has 90 valence electrons. The Bertz CT molecular complexity index is 195. The molecule has 1 atom stereocenters. The minimum atomic E-state index is -0.849. The molecule has 1 unspecified atom stereocenters. The molecule has 0 fully saturated rings. The molecule has 0 rings (SSSR count). The fourth-order valence-electron chi connectivity index (χ4n) is 1.51. The van der Waals surface area contributed by atoms with E-state index in [2.05, 4.69) is 0 Å². The van der Waals surface area contributed by atoms with Crippen molar-refractivity contribution < 1.29 is 9.90 Å². The molecule has 3 N–H and O–H groups in total. The number of carbonyl (C=O) groups is 1. The van der Waals surface area contributed by atoms with Gasteiger partial charge in [0.2, 0.25) is 5.91 Å². The Kier molecular flexibility index (Phi) is 5.83. The summed E-state index contributed by atoms with van der Waals surface area (Å²) in [6.07, 6.45) is 0.748. The van der Waals surface area contributed by atoms with E-state index >= 15 is 0 Å². The van der Waals surface area contributed by atoms with Gasteiger partial charge in [-0.1, -0.05) is 6.92 Å². The number of rotatable bonds is 6. The standard InChI is InChI=1S/C11H24N2O2/c1-5-9(7-12)10(14)13(6-2)8-11(3,4)15/h9,15H,5-8,12H2,1-4H3. The van der Waals surface area contributed by atoms with Gasteiger partial charge in [0.1, 0.15) is 0 Å². The van der Waals surface area contributed by atoms with E-state index in [4.69, 9.17) is 5.73 Å². The van der Waals surface area contributed by atoms with Gasteiger partial charge in [-0.15, -0.1) is 0 Å². The lowest BCUT2D eigenvalue weighted by Gasteiger charge is -2.30. The molecule has 1 amide bonds. The summed E-state index contributed by atoms with van der Waals surface area (Å²) in [5.41, 5.74) is 4.68. The van der Waals surface area contributed by atoms with Gasteiger partial charge >= 0.3 is 0 Å². The molecule has 0 aromatic carbocycles. The van der Waals surface area contributed by atoms with Crippen molar-refractivity contribution in [3.63, 3.8) is 0 Å². The molecular weight excluding hydrogens is 192 g/mol. The second kappa shape index (κ2) is 6.08. The van der Waals surface area contributed by atoms with Crippen LogP contribution in [0.4, 0.5) is 0 Å². The highest BCUT2D eigenvalue weighted by molar-refractivity contribution is 5.79. The number of nitrogens with two attached hydrogens (primary N) is 1. The van der Waals surface area contributed by atoms with E-state index in [1.165, 1.54) is 0 Å². The number of likely N-dealkylation sites (N-methyl/N-ethyl adjacent to an activating group) is 1. The number of hydrogen-bond acceptors (Lipinski definition) is 3. The second-order valence-corrected chi connectivity index (χ2v) is 4.51. The van der Waals surface area contributed by atoms with Gasteiger partial charge in [-0.3, -0.25) is 4.79 Å². The van der Waals surface area contributed by atoms with Crippen LogP contribution < -0.4 is 5.73 Å². The Morgan fingerprint density at radius 2 is 2.00 bits per heavy atom. The second-order valence-electron chi connectivity index (χ2n) is 4.51. The summed E-state index contributed by atoms with van der Waals surface area (Å²) in [7, 11) is 0. The molecule has 0 radical (unpaired) electrons. The minimum Gasteiger partial charge on any atom is -0.389 e. The zero-order chi connectivity index (χ0) is 12.1. The van der Waals surface area contributed by atoms with E-state index in [0.29, 0.717) is 19.6 Å². The van der Waals surface area contributed by atoms with Crippen LogP contribution in [-0.2, 0) is 4.79 Å². The maximum absolute atomic E-state index is 11.9. The average molecular weight is 216 g/mol. The van der Waals surface area contributed by atoms with Crippen molar-refractivity contribution in [1.29, 1.82) is 0 Å². The molecule has 0 aromatic heterocycles. The quantitative estimate of drug-likeness (QED) is 0.683. The Morgan fingerprint density at radius 1 is 1.47 bits per heavy atom. The number of hydrogen-bond donors (Lipinski definition) is 2. The largest absolute Gasteiger partial charge is 0.389 e. The highest BCUT2D eigenvalue weighted by Gasteiger charge is 2.25. The smallest absolute Gasteiger partial charge is 0.227 e. The molecule has 4 nitrogen and oxygen atoms in total. The molecule has 0 heterocycles. The van der Waals surface area contributed by atoms with Crippen molar-refractivity contribution in [3.8, 4) is 0 Å². The molecule has 0 aliphatic rings. The number of nitrogens with zero attached hydrogens (tertiary/aromatic N) is 1. The van der Waals surface area contributed by atoms with Crippen LogP contribution in [0.25, 0.3) is 0 Å². The van der Waals surface area contributed by atoms with E-state index < -0.39 is 5.60 Å². The third-order valence-electron chi connectivity index (χ3n) is 2.40. The Balaban J connectivity index is 4.46. The van der Waals surface area contributed by atoms with Crippen LogP contribution >= 0.6 is 0 Å². The molecule has 0 aromatic rings. The summed E-state index contributed by atoms with van der Waals surface area (Å²) in [5.74, 6) is -0.0723. The van der Waals surface area contributed by atoms with Crippen LogP contribution in [0.1, 0.15) is 34.1 Å². The van der Waals surface area contributed by atoms with Crippen LogP contribution in [0.3, 0.4) is 0 Å². The lowest BCUT2D eigenvalue weighted by Crippen LogP contribution is -2.45. The van der Waals surface area contributed by atoms with Gasteiger partial charge in [-0.2, -0.15) is 0 Å². The van der Waals surface area contributed by atoms with Crippen LogP contribution in [0.15, 0.2) is 0 Å².